The highest BCUT2D eigenvalue weighted by atomic mass is 79.9. The van der Waals surface area contributed by atoms with E-state index in [2.05, 4.69) is 46.8 Å². The van der Waals surface area contributed by atoms with Crippen molar-refractivity contribution in [2.75, 3.05) is 0 Å². The summed E-state index contributed by atoms with van der Waals surface area (Å²) in [6.45, 7) is 0. The molecule has 0 aliphatic carbocycles. The van der Waals surface area contributed by atoms with Gasteiger partial charge in [0.15, 0.2) is 10.6 Å². The van der Waals surface area contributed by atoms with Gasteiger partial charge >= 0.3 is 0 Å². The lowest BCUT2D eigenvalue weighted by molar-refractivity contribution is 0.943. The first-order valence-corrected chi connectivity index (χ1v) is 5.03. The van der Waals surface area contributed by atoms with Gasteiger partial charge in [-0.05, 0) is 31.9 Å². The van der Waals surface area contributed by atoms with Gasteiger partial charge in [-0.3, -0.25) is 9.55 Å². The first kappa shape index (κ1) is 8.83. The van der Waals surface area contributed by atoms with Crippen LogP contribution in [-0.4, -0.2) is 19.5 Å². The Hall–Kier alpha value is -0.750. The maximum absolute atomic E-state index is 4.13. The van der Waals surface area contributed by atoms with Crippen molar-refractivity contribution in [3.05, 3.63) is 34.1 Å². The quantitative estimate of drug-likeness (QED) is 0.811. The summed E-state index contributed by atoms with van der Waals surface area (Å²) in [6, 6.07) is 0. The Balaban J connectivity index is 2.53. The third kappa shape index (κ3) is 1.78. The molecule has 0 saturated carbocycles. The number of rotatable bonds is 1. The second-order valence-electron chi connectivity index (χ2n) is 2.27. The van der Waals surface area contributed by atoms with Gasteiger partial charge in [0, 0.05) is 18.6 Å². The highest BCUT2D eigenvalue weighted by Gasteiger charge is 2.05. The van der Waals surface area contributed by atoms with Gasteiger partial charge in [0.05, 0.1) is 6.20 Å². The normalized spacial score (nSPS) is 10.3. The van der Waals surface area contributed by atoms with Crippen molar-refractivity contribution in [3.8, 4) is 5.82 Å². The van der Waals surface area contributed by atoms with Gasteiger partial charge in [-0.2, -0.15) is 0 Å². The highest BCUT2D eigenvalue weighted by molar-refractivity contribution is 9.11. The summed E-state index contributed by atoms with van der Waals surface area (Å²) in [4.78, 5) is 12.2. The van der Waals surface area contributed by atoms with Crippen molar-refractivity contribution < 1.29 is 0 Å². The highest BCUT2D eigenvalue weighted by Crippen LogP contribution is 2.17. The molecule has 0 amide bonds. The third-order valence-corrected chi connectivity index (χ3v) is 2.37. The molecule has 2 heterocycles. The molecule has 0 aromatic carbocycles. The number of halogens is 2. The summed E-state index contributed by atoms with van der Waals surface area (Å²) in [5.74, 6) is 0.729. The molecule has 0 aliphatic rings. The minimum absolute atomic E-state index is 0.694. The summed E-state index contributed by atoms with van der Waals surface area (Å²) in [7, 11) is 0. The van der Waals surface area contributed by atoms with Crippen LogP contribution in [-0.2, 0) is 0 Å². The van der Waals surface area contributed by atoms with Crippen molar-refractivity contribution in [2.24, 2.45) is 0 Å². The Bertz CT molecular complexity index is 412. The average molecular weight is 304 g/mol. The number of hydrogen-bond acceptors (Lipinski definition) is 3. The molecule has 2 aromatic rings. The van der Waals surface area contributed by atoms with Crippen LogP contribution in [0, 0.1) is 0 Å². The van der Waals surface area contributed by atoms with Crippen LogP contribution in [0.2, 0.25) is 0 Å². The Morgan fingerprint density at radius 1 is 1.23 bits per heavy atom. The maximum atomic E-state index is 4.13. The van der Waals surface area contributed by atoms with E-state index in [1.807, 2.05) is 6.20 Å². The maximum Gasteiger partial charge on any atom is 0.184 e. The smallest absolute Gasteiger partial charge is 0.184 e. The number of hydrogen-bond donors (Lipinski definition) is 0. The molecule has 13 heavy (non-hydrogen) atoms. The van der Waals surface area contributed by atoms with E-state index in [0.29, 0.717) is 4.73 Å². The molecule has 0 atom stereocenters. The predicted molar refractivity (Wildman–Crippen MR) is 54.6 cm³/mol. The zero-order valence-electron chi connectivity index (χ0n) is 6.35. The fourth-order valence-corrected chi connectivity index (χ4v) is 1.99. The van der Waals surface area contributed by atoms with Crippen LogP contribution in [0.5, 0.6) is 0 Å². The second kappa shape index (κ2) is 3.55. The van der Waals surface area contributed by atoms with Crippen molar-refractivity contribution in [1.29, 1.82) is 0 Å². The molecule has 2 aromatic heterocycles. The molecule has 2 rings (SSSR count). The molecule has 0 N–H and O–H groups in total. The van der Waals surface area contributed by atoms with Crippen LogP contribution in [0.15, 0.2) is 34.1 Å². The molecule has 0 spiro atoms. The molecule has 0 radical (unpaired) electrons. The minimum Gasteiger partial charge on any atom is -0.276 e. The van der Waals surface area contributed by atoms with E-state index >= 15 is 0 Å². The minimum atomic E-state index is 0.694. The Labute approximate surface area is 91.3 Å². The van der Waals surface area contributed by atoms with E-state index in [1.54, 1.807) is 23.2 Å². The third-order valence-electron chi connectivity index (χ3n) is 1.43. The average Bonchev–Trinajstić information content (AvgIpc) is 2.47. The zero-order chi connectivity index (χ0) is 9.26. The molecular formula is C7H4Br2N4. The fraction of sp³-hybridized carbons (Fsp3) is 0. The Kier molecular flexibility index (Phi) is 2.41. The summed E-state index contributed by atoms with van der Waals surface area (Å²) in [5, 5.41) is 0. The molecule has 0 unspecified atom stereocenters. The van der Waals surface area contributed by atoms with E-state index in [1.165, 1.54) is 0 Å². The van der Waals surface area contributed by atoms with Gasteiger partial charge in [0.1, 0.15) is 4.60 Å². The Morgan fingerprint density at radius 2 is 2.08 bits per heavy atom. The lowest BCUT2D eigenvalue weighted by atomic mass is 10.6. The van der Waals surface area contributed by atoms with E-state index in [0.717, 1.165) is 10.4 Å². The topological polar surface area (TPSA) is 43.6 Å². The number of aromatic nitrogens is 4. The lowest BCUT2D eigenvalue weighted by Gasteiger charge is -1.99. The molecule has 0 aliphatic heterocycles. The van der Waals surface area contributed by atoms with Crippen molar-refractivity contribution in [2.45, 2.75) is 0 Å². The van der Waals surface area contributed by atoms with Gasteiger partial charge in [0.25, 0.3) is 0 Å². The van der Waals surface area contributed by atoms with Gasteiger partial charge in [-0.15, -0.1) is 0 Å². The standard InChI is InChI=1S/C7H4Br2N4/c8-5-4-13(7(9)12-5)6-3-10-1-2-11-6/h1-4H. The molecule has 6 heteroatoms. The zero-order valence-corrected chi connectivity index (χ0v) is 9.53. The van der Waals surface area contributed by atoms with E-state index in [-0.39, 0.29) is 0 Å². The molecule has 0 bridgehead atoms. The van der Waals surface area contributed by atoms with Crippen LogP contribution < -0.4 is 0 Å². The van der Waals surface area contributed by atoms with Crippen LogP contribution >= 0.6 is 31.9 Å². The first-order chi connectivity index (χ1) is 6.27. The molecule has 0 saturated heterocycles. The van der Waals surface area contributed by atoms with Crippen LogP contribution in [0.4, 0.5) is 0 Å². The largest absolute Gasteiger partial charge is 0.276 e. The van der Waals surface area contributed by atoms with Gasteiger partial charge in [0.2, 0.25) is 0 Å². The van der Waals surface area contributed by atoms with Crippen LogP contribution in [0.3, 0.4) is 0 Å². The first-order valence-electron chi connectivity index (χ1n) is 3.44. The van der Waals surface area contributed by atoms with Gasteiger partial charge in [-0.25, -0.2) is 9.97 Å². The van der Waals surface area contributed by atoms with Crippen molar-refractivity contribution in [3.63, 3.8) is 0 Å². The molecule has 4 nitrogen and oxygen atoms in total. The summed E-state index contributed by atoms with van der Waals surface area (Å²) in [5.41, 5.74) is 0. The predicted octanol–water partition coefficient (Wildman–Crippen LogP) is 2.19. The van der Waals surface area contributed by atoms with E-state index in [4.69, 9.17) is 0 Å². The van der Waals surface area contributed by atoms with E-state index in [9.17, 15) is 0 Å². The van der Waals surface area contributed by atoms with Crippen molar-refractivity contribution in [1.82, 2.24) is 19.5 Å². The Morgan fingerprint density at radius 3 is 2.62 bits per heavy atom. The SMILES string of the molecule is Brc1cn(-c2cnccn2)c(Br)n1. The second-order valence-corrected chi connectivity index (χ2v) is 3.79. The molecular weight excluding hydrogens is 300 g/mol. The molecule has 66 valence electrons. The monoisotopic (exact) mass is 302 g/mol. The number of imidazole rings is 1. The summed E-state index contributed by atoms with van der Waals surface area (Å²) >= 11 is 6.58. The number of nitrogens with zero attached hydrogens (tertiary/aromatic N) is 4. The van der Waals surface area contributed by atoms with E-state index < -0.39 is 0 Å². The molecule has 0 fully saturated rings. The summed E-state index contributed by atoms with van der Waals surface area (Å²) < 4.78 is 3.24. The van der Waals surface area contributed by atoms with Crippen LogP contribution in [0.25, 0.3) is 5.82 Å². The van der Waals surface area contributed by atoms with Gasteiger partial charge < -0.3 is 0 Å². The summed E-state index contributed by atoms with van der Waals surface area (Å²) in [6.07, 6.45) is 6.74. The van der Waals surface area contributed by atoms with Gasteiger partial charge in [-0.1, -0.05) is 0 Å². The fourth-order valence-electron chi connectivity index (χ4n) is 0.907. The van der Waals surface area contributed by atoms with Crippen molar-refractivity contribution >= 4 is 31.9 Å². The lowest BCUT2D eigenvalue weighted by Crippen LogP contribution is -1.95. The van der Waals surface area contributed by atoms with Crippen LogP contribution in [0.1, 0.15) is 0 Å².